The molecule has 2 aromatic carbocycles. The van der Waals surface area contributed by atoms with Crippen molar-refractivity contribution in [2.24, 2.45) is 0 Å². The Balaban J connectivity index is 1.94. The first-order valence-electron chi connectivity index (χ1n) is 7.40. The summed E-state index contributed by atoms with van der Waals surface area (Å²) in [6.07, 6.45) is 5.48. The number of hydrogen-bond acceptors (Lipinski definition) is 1. The van der Waals surface area contributed by atoms with Gasteiger partial charge in [-0.2, -0.15) is 0 Å². The van der Waals surface area contributed by atoms with Crippen LogP contribution in [-0.2, 0) is 0 Å². The van der Waals surface area contributed by atoms with Crippen LogP contribution in [0.5, 0.6) is 0 Å². The molecule has 0 spiro atoms. The second-order valence-corrected chi connectivity index (χ2v) is 5.99. The number of fused-ring (bicyclic) bond motifs is 1. The van der Waals surface area contributed by atoms with Gasteiger partial charge in [-0.05, 0) is 29.2 Å². The van der Waals surface area contributed by atoms with Gasteiger partial charge in [0.2, 0.25) is 0 Å². The molecule has 1 N–H and O–H groups in total. The van der Waals surface area contributed by atoms with Crippen LogP contribution in [-0.4, -0.2) is 10.7 Å². The summed E-state index contributed by atoms with van der Waals surface area (Å²) in [4.78, 5) is 0. The average Bonchev–Trinajstić information content (AvgIpc) is 2.47. The van der Waals surface area contributed by atoms with Crippen molar-refractivity contribution >= 4 is 10.8 Å². The predicted octanol–water partition coefficient (Wildman–Crippen LogP) is 4.64. The van der Waals surface area contributed by atoms with E-state index in [0.29, 0.717) is 0 Å². The van der Waals surface area contributed by atoms with E-state index in [1.165, 1.54) is 22.8 Å². The van der Waals surface area contributed by atoms with Crippen LogP contribution in [0.3, 0.4) is 0 Å². The number of rotatable bonds is 2. The second-order valence-electron chi connectivity index (χ2n) is 5.99. The van der Waals surface area contributed by atoms with Crippen molar-refractivity contribution in [1.29, 1.82) is 0 Å². The quantitative estimate of drug-likeness (QED) is 0.827. The zero-order valence-corrected chi connectivity index (χ0v) is 11.6. The summed E-state index contributed by atoms with van der Waals surface area (Å²) in [7, 11) is 0. The van der Waals surface area contributed by atoms with Crippen molar-refractivity contribution in [2.45, 2.75) is 50.5 Å². The number of benzene rings is 2. The summed E-state index contributed by atoms with van der Waals surface area (Å²) < 4.78 is 0. The smallest absolute Gasteiger partial charge is 0.0713 e. The third-order valence-corrected chi connectivity index (χ3v) is 4.80. The van der Waals surface area contributed by atoms with Crippen LogP contribution in [0.4, 0.5) is 0 Å². The van der Waals surface area contributed by atoms with E-state index in [1.54, 1.807) is 0 Å². The van der Waals surface area contributed by atoms with Gasteiger partial charge in [-0.1, -0.05) is 68.7 Å². The van der Waals surface area contributed by atoms with E-state index in [4.69, 9.17) is 0 Å². The first-order chi connectivity index (χ1) is 9.19. The van der Waals surface area contributed by atoms with Crippen LogP contribution in [0.15, 0.2) is 42.5 Å². The molecule has 0 saturated heterocycles. The third kappa shape index (κ3) is 2.40. The van der Waals surface area contributed by atoms with E-state index in [0.717, 1.165) is 25.7 Å². The van der Waals surface area contributed by atoms with Crippen molar-refractivity contribution < 1.29 is 5.11 Å². The molecule has 1 atom stereocenters. The molecular weight excluding hydrogens is 232 g/mol. The van der Waals surface area contributed by atoms with E-state index in [1.807, 2.05) is 0 Å². The summed E-state index contributed by atoms with van der Waals surface area (Å²) in [5, 5.41) is 13.4. The largest absolute Gasteiger partial charge is 0.389 e. The molecule has 3 rings (SSSR count). The van der Waals surface area contributed by atoms with Crippen molar-refractivity contribution in [3.8, 4) is 0 Å². The Morgan fingerprint density at radius 1 is 0.947 bits per heavy atom. The molecule has 0 bridgehead atoms. The molecule has 0 heterocycles. The maximum Gasteiger partial charge on any atom is 0.0713 e. The minimum Gasteiger partial charge on any atom is -0.389 e. The molecule has 0 aliphatic heterocycles. The van der Waals surface area contributed by atoms with Crippen molar-refractivity contribution in [1.82, 2.24) is 0 Å². The predicted molar refractivity (Wildman–Crippen MR) is 80.4 cm³/mol. The molecule has 1 saturated carbocycles. The van der Waals surface area contributed by atoms with Crippen LogP contribution in [0.1, 0.15) is 50.5 Å². The minimum atomic E-state index is -0.499. The van der Waals surface area contributed by atoms with E-state index in [2.05, 4.69) is 49.4 Å². The van der Waals surface area contributed by atoms with Gasteiger partial charge in [0.05, 0.1) is 5.60 Å². The average molecular weight is 254 g/mol. The van der Waals surface area contributed by atoms with E-state index >= 15 is 0 Å². The summed E-state index contributed by atoms with van der Waals surface area (Å²) in [6.45, 7) is 2.18. The Kier molecular flexibility index (Phi) is 3.32. The maximum absolute atomic E-state index is 10.9. The molecule has 1 heteroatoms. The van der Waals surface area contributed by atoms with Gasteiger partial charge in [0.25, 0.3) is 0 Å². The number of hydrogen-bond donors (Lipinski definition) is 1. The SMILES string of the molecule is CC(c1ccc2ccccc2c1)C1(O)CCCCC1. The Morgan fingerprint density at radius 3 is 2.37 bits per heavy atom. The summed E-state index contributed by atoms with van der Waals surface area (Å²) in [6, 6.07) is 15.0. The third-order valence-electron chi connectivity index (χ3n) is 4.80. The Labute approximate surface area is 115 Å². The van der Waals surface area contributed by atoms with Crippen LogP contribution in [0, 0.1) is 0 Å². The highest BCUT2D eigenvalue weighted by Crippen LogP contribution is 2.40. The lowest BCUT2D eigenvalue weighted by Gasteiger charge is -2.37. The Morgan fingerprint density at radius 2 is 1.63 bits per heavy atom. The van der Waals surface area contributed by atoms with Gasteiger partial charge in [0.15, 0.2) is 0 Å². The molecule has 1 aliphatic carbocycles. The Hall–Kier alpha value is -1.34. The molecule has 0 radical (unpaired) electrons. The zero-order valence-electron chi connectivity index (χ0n) is 11.6. The molecule has 0 aromatic heterocycles. The van der Waals surface area contributed by atoms with Crippen LogP contribution >= 0.6 is 0 Å². The summed E-state index contributed by atoms with van der Waals surface area (Å²) in [5.74, 6) is 0.220. The minimum absolute atomic E-state index is 0.220. The normalized spacial score (nSPS) is 20.3. The van der Waals surface area contributed by atoms with Crippen molar-refractivity contribution in [2.75, 3.05) is 0 Å². The van der Waals surface area contributed by atoms with Gasteiger partial charge in [-0.3, -0.25) is 0 Å². The molecular formula is C18H22O. The lowest BCUT2D eigenvalue weighted by Crippen LogP contribution is -2.37. The highest BCUT2D eigenvalue weighted by molar-refractivity contribution is 5.83. The van der Waals surface area contributed by atoms with Crippen molar-refractivity contribution in [3.05, 3.63) is 48.0 Å². The molecule has 1 fully saturated rings. The molecule has 100 valence electrons. The Bertz CT molecular complexity index is 567. The standard InChI is InChI=1S/C18H22O/c1-14(18(19)11-5-2-6-12-18)16-10-9-15-7-3-4-8-17(15)13-16/h3-4,7-10,13-14,19H,2,5-6,11-12H2,1H3. The summed E-state index contributed by atoms with van der Waals surface area (Å²) in [5.41, 5.74) is 0.767. The molecule has 19 heavy (non-hydrogen) atoms. The van der Waals surface area contributed by atoms with Crippen molar-refractivity contribution in [3.63, 3.8) is 0 Å². The molecule has 1 unspecified atom stereocenters. The van der Waals surface area contributed by atoms with E-state index in [9.17, 15) is 5.11 Å². The van der Waals surface area contributed by atoms with Crippen LogP contribution in [0.2, 0.25) is 0 Å². The first-order valence-corrected chi connectivity index (χ1v) is 7.40. The van der Waals surface area contributed by atoms with Crippen LogP contribution in [0.25, 0.3) is 10.8 Å². The highest BCUT2D eigenvalue weighted by atomic mass is 16.3. The van der Waals surface area contributed by atoms with Gasteiger partial charge >= 0.3 is 0 Å². The lowest BCUT2D eigenvalue weighted by atomic mass is 9.73. The fraction of sp³-hybridized carbons (Fsp3) is 0.444. The molecule has 2 aromatic rings. The zero-order chi connectivity index (χ0) is 13.3. The fourth-order valence-corrected chi connectivity index (χ4v) is 3.38. The van der Waals surface area contributed by atoms with Gasteiger partial charge in [-0.25, -0.2) is 0 Å². The topological polar surface area (TPSA) is 20.2 Å². The van der Waals surface area contributed by atoms with Gasteiger partial charge < -0.3 is 5.11 Å². The highest BCUT2D eigenvalue weighted by Gasteiger charge is 2.35. The van der Waals surface area contributed by atoms with Gasteiger partial charge in [0, 0.05) is 5.92 Å². The fourth-order valence-electron chi connectivity index (χ4n) is 3.38. The van der Waals surface area contributed by atoms with Crippen LogP contribution < -0.4 is 0 Å². The van der Waals surface area contributed by atoms with Gasteiger partial charge in [0.1, 0.15) is 0 Å². The van der Waals surface area contributed by atoms with E-state index < -0.39 is 5.60 Å². The molecule has 1 aliphatic rings. The monoisotopic (exact) mass is 254 g/mol. The van der Waals surface area contributed by atoms with Gasteiger partial charge in [-0.15, -0.1) is 0 Å². The molecule has 1 nitrogen and oxygen atoms in total. The maximum atomic E-state index is 10.9. The summed E-state index contributed by atoms with van der Waals surface area (Å²) >= 11 is 0. The first kappa shape index (κ1) is 12.7. The lowest BCUT2D eigenvalue weighted by molar-refractivity contribution is -0.0168. The second kappa shape index (κ2) is 4.97. The van der Waals surface area contributed by atoms with E-state index in [-0.39, 0.29) is 5.92 Å². The number of aliphatic hydroxyl groups is 1. The molecule has 0 amide bonds.